The molecule has 20 atom stereocenters. The molecule has 2 aromatic rings. The van der Waals surface area contributed by atoms with E-state index in [0.29, 0.717) is 18.1 Å². The van der Waals surface area contributed by atoms with E-state index in [1.54, 1.807) is 58.5 Å². The Hall–Kier alpha value is -1.59. The molecule has 64 heavy (non-hydrogen) atoms. The highest BCUT2D eigenvalue weighted by atomic mass is 35.5. The molecule has 6 aliphatic rings. The summed E-state index contributed by atoms with van der Waals surface area (Å²) in [4.78, 5) is 1.02. The fraction of sp³-hybridized carbons (Fsp3) is 0.762. The Kier molecular flexibility index (Phi) is 14.8. The lowest BCUT2D eigenvalue weighted by atomic mass is 9.77. The highest BCUT2D eigenvalue weighted by Gasteiger charge is 2.70. The number of hydrogen-bond acceptors (Lipinski definition) is 21. The Morgan fingerprint density at radius 2 is 1.22 bits per heavy atom. The quantitative estimate of drug-likeness (QED) is 0.0800. The van der Waals surface area contributed by atoms with Crippen molar-refractivity contribution in [2.24, 2.45) is 0 Å². The van der Waals surface area contributed by atoms with Gasteiger partial charge >= 0.3 is 0 Å². The van der Waals surface area contributed by atoms with Crippen molar-refractivity contribution in [2.45, 2.75) is 160 Å². The van der Waals surface area contributed by atoms with E-state index in [9.17, 15) is 35.7 Å². The average molecular weight is 946 g/mol. The fourth-order valence-corrected chi connectivity index (χ4v) is 11.4. The van der Waals surface area contributed by atoms with E-state index in [-0.39, 0.29) is 32.7 Å². The minimum atomic E-state index is -2.44. The first-order valence-electron chi connectivity index (χ1n) is 22.0. The number of aliphatic hydroxyl groups excluding tert-OH is 3. The van der Waals surface area contributed by atoms with Gasteiger partial charge in [0.2, 0.25) is 24.2 Å². The zero-order valence-electron chi connectivity index (χ0n) is 36.5. The smallest absolute Gasteiger partial charge is 0.249 e. The van der Waals surface area contributed by atoms with Gasteiger partial charge in [-0.1, -0.05) is 29.8 Å². The normalized spacial score (nSPS) is 46.7. The summed E-state index contributed by atoms with van der Waals surface area (Å²) in [6.45, 7) is 3.77. The molecule has 6 fully saturated rings. The Labute approximate surface area is 381 Å². The molecule has 2 aliphatic carbocycles. The molecule has 2 saturated carbocycles. The predicted molar refractivity (Wildman–Crippen MR) is 230 cm³/mol. The standard InChI is InChI=1S/C42H65ClN6O14S/c1-20-14-40(54,18-48-16-24-7-6-12-64-24)41(55)37(58-20)60-35-31(52)25(44-3)29(50)28(34(35)63-41)49-19-57-32-26(45-4)30(51)27(46-5)33-36(32)61-38-42(56,62-33)39(53,13-21(2)59-38)17-47-15-22-8-10-23(43)11-9-22/h6-12,20-21,25-38,44-56H,13-19H2,1-5H3/t20-,21-,25-,26-,27+,28+,29+,30+,31+,32+,33-,34-,35-,36-,37+,38+,39-,40-,41-,42-/m1/s1. The largest absolute Gasteiger partial charge is 0.390 e. The molecule has 0 spiro atoms. The van der Waals surface area contributed by atoms with Crippen molar-refractivity contribution < 1.29 is 68.9 Å². The maximum absolute atomic E-state index is 12.3. The highest BCUT2D eigenvalue weighted by Crippen LogP contribution is 2.48. The number of rotatable bonds is 15. The highest BCUT2D eigenvalue weighted by molar-refractivity contribution is 7.09. The van der Waals surface area contributed by atoms with E-state index in [4.69, 9.17) is 44.8 Å². The number of likely N-dealkylation sites (N-methyl/N-ethyl adjacent to an activating group) is 3. The molecule has 0 radical (unpaired) electrons. The van der Waals surface area contributed by atoms with Crippen LogP contribution >= 0.6 is 22.9 Å². The number of hydrogen-bond donors (Lipinski definition) is 13. The number of halogens is 1. The van der Waals surface area contributed by atoms with E-state index >= 15 is 0 Å². The Balaban J connectivity index is 1.01. The predicted octanol–water partition coefficient (Wildman–Crippen LogP) is -2.87. The molecule has 0 bridgehead atoms. The van der Waals surface area contributed by atoms with Gasteiger partial charge in [0, 0.05) is 48.9 Å². The fourth-order valence-electron chi connectivity index (χ4n) is 10.6. The third-order valence-corrected chi connectivity index (χ3v) is 15.0. The van der Waals surface area contributed by atoms with E-state index in [0.717, 1.165) is 10.4 Å². The van der Waals surface area contributed by atoms with Crippen LogP contribution in [0.15, 0.2) is 41.8 Å². The van der Waals surface area contributed by atoms with E-state index in [2.05, 4.69) is 31.9 Å². The Morgan fingerprint density at radius 3 is 1.78 bits per heavy atom. The van der Waals surface area contributed by atoms with Crippen LogP contribution < -0.4 is 31.9 Å². The minimum absolute atomic E-state index is 0.00577. The third-order valence-electron chi connectivity index (χ3n) is 13.9. The van der Waals surface area contributed by atoms with Gasteiger partial charge in [-0.3, -0.25) is 5.32 Å². The van der Waals surface area contributed by atoms with Crippen molar-refractivity contribution in [3.8, 4) is 0 Å². The van der Waals surface area contributed by atoms with E-state index in [1.807, 2.05) is 29.6 Å². The molecule has 1 aromatic heterocycles. The van der Waals surface area contributed by atoms with Crippen LogP contribution in [-0.2, 0) is 46.2 Å². The van der Waals surface area contributed by atoms with Crippen molar-refractivity contribution in [3.63, 3.8) is 0 Å². The van der Waals surface area contributed by atoms with Gasteiger partial charge in [0.15, 0.2) is 0 Å². The molecule has 22 heteroatoms. The van der Waals surface area contributed by atoms with E-state index in [1.165, 1.54) is 0 Å². The summed E-state index contributed by atoms with van der Waals surface area (Å²) in [5, 5.41) is 105. The number of thiophene rings is 1. The third kappa shape index (κ3) is 8.83. The lowest BCUT2D eigenvalue weighted by molar-refractivity contribution is -0.483. The van der Waals surface area contributed by atoms with Crippen molar-refractivity contribution >= 4 is 22.9 Å². The molecule has 0 amide bonds. The molecular weight excluding hydrogens is 880 g/mol. The maximum atomic E-state index is 12.3. The molecular formula is C42H65ClN6O14S. The first-order valence-corrected chi connectivity index (χ1v) is 23.2. The van der Waals surface area contributed by atoms with Crippen LogP contribution in [0.4, 0.5) is 0 Å². The number of ether oxygens (including phenoxy) is 7. The number of fused-ring (bicyclic) bond motifs is 4. The SMILES string of the molecule is CN[C@@H]1[C@H](O)[C@H](NCO[C@H]2[C@H](NC)[C@H](O)[C@H](NC)[C@H]3O[C@]4(O)[C@H](O[C@@H]32)O[C@H](C)C[C@@]4(O)CNCc2ccc(Cl)cc2)[C@H]2O[C@]3(O)[C@H](O[C@@H]2[C@H]1O)O[C@H](C)C[C@@]3(O)CNCc1cccs1. The number of benzene rings is 1. The van der Waals surface area contributed by atoms with Gasteiger partial charge in [0.05, 0.1) is 55.3 Å². The lowest BCUT2D eigenvalue weighted by Gasteiger charge is -2.61. The van der Waals surface area contributed by atoms with Crippen LogP contribution in [0.25, 0.3) is 0 Å². The summed E-state index contributed by atoms with van der Waals surface area (Å²) in [6, 6.07) is 7.45. The second kappa shape index (κ2) is 19.4. The average Bonchev–Trinajstić information content (AvgIpc) is 3.77. The Bertz CT molecular complexity index is 1850. The van der Waals surface area contributed by atoms with Gasteiger partial charge in [0.1, 0.15) is 47.8 Å². The van der Waals surface area contributed by atoms with Gasteiger partial charge in [-0.2, -0.15) is 0 Å². The zero-order chi connectivity index (χ0) is 45.8. The summed E-state index contributed by atoms with van der Waals surface area (Å²) in [5.41, 5.74) is -2.93. The summed E-state index contributed by atoms with van der Waals surface area (Å²) < 4.78 is 44.4. The van der Waals surface area contributed by atoms with Gasteiger partial charge in [0.25, 0.3) is 0 Å². The summed E-state index contributed by atoms with van der Waals surface area (Å²) in [5.74, 6) is -4.83. The molecule has 20 nitrogen and oxygen atoms in total. The Morgan fingerprint density at radius 1 is 0.672 bits per heavy atom. The van der Waals surface area contributed by atoms with Crippen LogP contribution in [0.5, 0.6) is 0 Å². The molecule has 360 valence electrons. The molecule has 1 aromatic carbocycles. The minimum Gasteiger partial charge on any atom is -0.390 e. The second-order valence-electron chi connectivity index (χ2n) is 18.1. The molecule has 0 unspecified atom stereocenters. The molecule has 5 heterocycles. The summed E-state index contributed by atoms with van der Waals surface area (Å²) in [6.07, 6.45) is -13.5. The van der Waals surface area contributed by atoms with Crippen LogP contribution in [0.1, 0.15) is 37.1 Å². The van der Waals surface area contributed by atoms with Gasteiger partial charge in [-0.05, 0) is 64.1 Å². The zero-order valence-corrected chi connectivity index (χ0v) is 38.1. The molecule has 13 N–H and O–H groups in total. The van der Waals surface area contributed by atoms with Crippen molar-refractivity contribution in [1.29, 1.82) is 0 Å². The first kappa shape index (κ1) is 48.9. The van der Waals surface area contributed by atoms with Crippen molar-refractivity contribution in [1.82, 2.24) is 31.9 Å². The lowest BCUT2D eigenvalue weighted by Crippen LogP contribution is -2.82. The molecule has 8 rings (SSSR count). The molecule has 4 aliphatic heterocycles. The number of aliphatic hydroxyl groups is 7. The molecule has 4 saturated heterocycles. The maximum Gasteiger partial charge on any atom is 0.249 e. The summed E-state index contributed by atoms with van der Waals surface area (Å²) in [7, 11) is 4.86. The summed E-state index contributed by atoms with van der Waals surface area (Å²) >= 11 is 7.61. The van der Waals surface area contributed by atoms with Gasteiger partial charge < -0.3 is 95.5 Å². The van der Waals surface area contributed by atoms with Crippen molar-refractivity contribution in [2.75, 3.05) is 41.0 Å². The first-order chi connectivity index (χ1) is 30.5. The van der Waals surface area contributed by atoms with Crippen molar-refractivity contribution in [3.05, 3.63) is 57.2 Å². The van der Waals surface area contributed by atoms with Crippen LogP contribution in [0.2, 0.25) is 5.02 Å². The number of nitrogens with one attached hydrogen (secondary N) is 6. The van der Waals surface area contributed by atoms with Crippen LogP contribution in [0, 0.1) is 0 Å². The topological polar surface area (TPSA) is 278 Å². The second-order valence-corrected chi connectivity index (χ2v) is 19.6. The van der Waals surface area contributed by atoms with Crippen LogP contribution in [0.3, 0.4) is 0 Å². The monoisotopic (exact) mass is 944 g/mol. The van der Waals surface area contributed by atoms with Gasteiger partial charge in [-0.15, -0.1) is 11.3 Å². The van der Waals surface area contributed by atoms with Gasteiger partial charge in [-0.25, -0.2) is 0 Å². The van der Waals surface area contributed by atoms with Crippen LogP contribution in [-0.4, -0.2) is 197 Å². The van der Waals surface area contributed by atoms with E-state index < -0.39 is 121 Å².